The molecule has 3 heterocycles. The van der Waals surface area contributed by atoms with Gasteiger partial charge in [0.1, 0.15) is 12.1 Å². The van der Waals surface area contributed by atoms with Crippen molar-refractivity contribution < 1.29 is 9.53 Å². The third-order valence-electron chi connectivity index (χ3n) is 7.55. The molecule has 0 saturated heterocycles. The zero-order chi connectivity index (χ0) is 25.9. The van der Waals surface area contributed by atoms with E-state index in [2.05, 4.69) is 50.3 Å². The molecule has 1 unspecified atom stereocenters. The molecule has 6 rings (SSSR count). The van der Waals surface area contributed by atoms with Gasteiger partial charge in [-0.1, -0.05) is 18.2 Å². The van der Waals surface area contributed by atoms with Gasteiger partial charge in [-0.3, -0.25) is 4.79 Å². The van der Waals surface area contributed by atoms with Gasteiger partial charge in [-0.2, -0.15) is 0 Å². The minimum Gasteiger partial charge on any atom is -0.493 e. The van der Waals surface area contributed by atoms with Crippen LogP contribution in [0.25, 0.3) is 11.3 Å². The third kappa shape index (κ3) is 5.35. The van der Waals surface area contributed by atoms with Gasteiger partial charge < -0.3 is 19.2 Å². The molecule has 0 radical (unpaired) electrons. The van der Waals surface area contributed by atoms with Crippen molar-refractivity contribution in [3.8, 4) is 11.4 Å². The summed E-state index contributed by atoms with van der Waals surface area (Å²) < 4.78 is 10.4. The van der Waals surface area contributed by atoms with Crippen molar-refractivity contribution in [3.63, 3.8) is 0 Å². The smallest absolute Gasteiger partial charge is 0.259 e. The number of nitrogens with one attached hydrogen (secondary N) is 1. The summed E-state index contributed by atoms with van der Waals surface area (Å²) in [5.41, 5.74) is 4.51. The molecule has 196 valence electrons. The van der Waals surface area contributed by atoms with Crippen molar-refractivity contribution in [1.29, 1.82) is 0 Å². The number of imidazole rings is 1. The maximum absolute atomic E-state index is 13.6. The number of carbonyl (C=O) groups is 1. The molecule has 38 heavy (non-hydrogen) atoms. The van der Waals surface area contributed by atoms with Crippen molar-refractivity contribution in [2.75, 3.05) is 6.61 Å². The van der Waals surface area contributed by atoms with E-state index in [1.165, 1.54) is 12.8 Å². The Bertz CT molecular complexity index is 1410. The van der Waals surface area contributed by atoms with E-state index in [1.807, 2.05) is 47.6 Å². The Kier molecular flexibility index (Phi) is 6.94. The maximum atomic E-state index is 13.6. The highest BCUT2D eigenvalue weighted by atomic mass is 16.5. The molecule has 1 saturated carbocycles. The van der Waals surface area contributed by atoms with Crippen molar-refractivity contribution in [2.24, 2.45) is 0 Å². The summed E-state index contributed by atoms with van der Waals surface area (Å²) in [6.07, 6.45) is 22.0. The normalized spacial score (nSPS) is 22.9. The summed E-state index contributed by atoms with van der Waals surface area (Å²) >= 11 is 0. The number of rotatable bonds is 2. The first kappa shape index (κ1) is 24.4. The zero-order valence-corrected chi connectivity index (χ0v) is 21.8. The lowest BCUT2D eigenvalue weighted by molar-refractivity contribution is 0.0960. The van der Waals surface area contributed by atoms with Crippen LogP contribution in [0.1, 0.15) is 92.1 Å². The second-order valence-electron chi connectivity index (χ2n) is 10.5. The van der Waals surface area contributed by atoms with Crippen LogP contribution < -0.4 is 10.1 Å². The SMILES string of the molecule is CC1CCCOc2ccc(-n3cnc(C4CC4)c3)cc2C(=O)N/C2=C/C=C\C(=CCCCC2)c2nncn21. The second-order valence-corrected chi connectivity index (χ2v) is 10.5. The molecule has 1 fully saturated rings. The van der Waals surface area contributed by atoms with Crippen LogP contribution in [0.15, 0.2) is 67.1 Å². The predicted octanol–water partition coefficient (Wildman–Crippen LogP) is 5.90. The van der Waals surface area contributed by atoms with E-state index in [9.17, 15) is 4.79 Å². The van der Waals surface area contributed by atoms with Crippen LogP contribution >= 0.6 is 0 Å². The Morgan fingerprint density at radius 1 is 1.11 bits per heavy atom. The van der Waals surface area contributed by atoms with E-state index < -0.39 is 0 Å². The van der Waals surface area contributed by atoms with Crippen LogP contribution in [0.5, 0.6) is 5.75 Å². The molecule has 2 bridgehead atoms. The van der Waals surface area contributed by atoms with Crippen LogP contribution in [-0.2, 0) is 0 Å². The fourth-order valence-corrected chi connectivity index (χ4v) is 5.14. The van der Waals surface area contributed by atoms with Crippen LogP contribution in [0, 0.1) is 0 Å². The first-order valence-electron chi connectivity index (χ1n) is 13.8. The van der Waals surface area contributed by atoms with E-state index in [-0.39, 0.29) is 11.9 Å². The summed E-state index contributed by atoms with van der Waals surface area (Å²) in [6.45, 7) is 2.71. The monoisotopic (exact) mass is 510 g/mol. The van der Waals surface area contributed by atoms with Gasteiger partial charge in [0.2, 0.25) is 0 Å². The number of carbonyl (C=O) groups excluding carboxylic acids is 1. The van der Waals surface area contributed by atoms with E-state index in [0.29, 0.717) is 23.8 Å². The Balaban J connectivity index is 1.34. The number of fused-ring (bicyclic) bond motifs is 5. The summed E-state index contributed by atoms with van der Waals surface area (Å²) in [4.78, 5) is 18.2. The summed E-state index contributed by atoms with van der Waals surface area (Å²) in [6, 6.07) is 6.04. The predicted molar refractivity (Wildman–Crippen MR) is 146 cm³/mol. The molecule has 3 aromatic rings. The summed E-state index contributed by atoms with van der Waals surface area (Å²) in [5, 5.41) is 11.8. The minimum absolute atomic E-state index is 0.155. The molecule has 0 spiro atoms. The third-order valence-corrected chi connectivity index (χ3v) is 7.55. The number of allylic oxidation sites excluding steroid dienone is 6. The standard InChI is InChI=1S/C30H34N6O2/c1-21-7-6-16-38-28-15-14-25(35-18-27(31-19-35)22-12-13-22)17-26(28)30(37)33-24-10-4-2-3-8-23(9-5-11-24)29-34-32-20-36(21)29/h5,8-9,11,14-15,17-22H,2-4,6-7,10,12-13,16H2,1H3,(H,33,37)/b9-5-,23-8?,24-11+. The van der Waals surface area contributed by atoms with Crippen LogP contribution in [-0.4, -0.2) is 36.8 Å². The minimum atomic E-state index is -0.155. The lowest BCUT2D eigenvalue weighted by atomic mass is 10.0. The fourth-order valence-electron chi connectivity index (χ4n) is 5.14. The molecule has 1 atom stereocenters. The Morgan fingerprint density at radius 2 is 2.03 bits per heavy atom. The van der Waals surface area contributed by atoms with Gasteiger partial charge in [0.25, 0.3) is 5.91 Å². The molecule has 1 aliphatic heterocycles. The van der Waals surface area contributed by atoms with Gasteiger partial charge in [0.15, 0.2) is 5.82 Å². The average molecular weight is 511 g/mol. The largest absolute Gasteiger partial charge is 0.493 e. The number of benzene rings is 1. The highest BCUT2D eigenvalue weighted by Crippen LogP contribution is 2.39. The Morgan fingerprint density at radius 3 is 2.92 bits per heavy atom. The quantitative estimate of drug-likeness (QED) is 0.464. The van der Waals surface area contributed by atoms with Gasteiger partial charge >= 0.3 is 0 Å². The first-order valence-corrected chi connectivity index (χ1v) is 13.8. The molecule has 3 aliphatic rings. The van der Waals surface area contributed by atoms with Crippen LogP contribution in [0.4, 0.5) is 0 Å². The van der Waals surface area contributed by atoms with Crippen molar-refractivity contribution >= 4 is 11.5 Å². The van der Waals surface area contributed by atoms with Crippen LogP contribution in [0.2, 0.25) is 0 Å². The first-order chi connectivity index (χ1) is 18.7. The number of hydrogen-bond donors (Lipinski definition) is 1. The Labute approximate surface area is 223 Å². The molecule has 2 aliphatic carbocycles. The van der Waals surface area contributed by atoms with Gasteiger partial charge in [-0.15, -0.1) is 10.2 Å². The van der Waals surface area contributed by atoms with E-state index >= 15 is 0 Å². The van der Waals surface area contributed by atoms with Crippen molar-refractivity contribution in [3.05, 3.63) is 84.1 Å². The highest BCUT2D eigenvalue weighted by Gasteiger charge is 2.26. The topological polar surface area (TPSA) is 86.9 Å². The van der Waals surface area contributed by atoms with Gasteiger partial charge in [0, 0.05) is 35.1 Å². The second kappa shape index (κ2) is 10.8. The molecule has 1 N–H and O–H groups in total. The summed E-state index contributed by atoms with van der Waals surface area (Å²) in [7, 11) is 0. The zero-order valence-electron chi connectivity index (χ0n) is 21.8. The van der Waals surface area contributed by atoms with Gasteiger partial charge in [-0.05, 0) is 82.6 Å². The van der Waals surface area contributed by atoms with Crippen molar-refractivity contribution in [1.82, 2.24) is 29.6 Å². The average Bonchev–Trinajstić information content (AvgIpc) is 3.44. The van der Waals surface area contributed by atoms with Gasteiger partial charge in [0.05, 0.1) is 24.2 Å². The number of aromatic nitrogens is 5. The molecule has 8 heteroatoms. The number of nitrogens with zero attached hydrogens (tertiary/aromatic N) is 5. The number of amides is 1. The number of ether oxygens (including phenoxy) is 1. The summed E-state index contributed by atoms with van der Waals surface area (Å²) in [5.74, 6) is 1.90. The lowest BCUT2D eigenvalue weighted by Crippen LogP contribution is -2.24. The molecule has 8 nitrogen and oxygen atoms in total. The molecular formula is C30H34N6O2. The Hall–Kier alpha value is -3.94. The van der Waals surface area contributed by atoms with Gasteiger partial charge in [-0.25, -0.2) is 4.98 Å². The number of hydrogen-bond acceptors (Lipinski definition) is 5. The fraction of sp³-hybridized carbons (Fsp3) is 0.400. The molecular weight excluding hydrogens is 476 g/mol. The maximum Gasteiger partial charge on any atom is 0.259 e. The van der Waals surface area contributed by atoms with E-state index in [1.54, 1.807) is 0 Å². The van der Waals surface area contributed by atoms with E-state index in [4.69, 9.17) is 4.74 Å². The molecule has 2 aromatic heterocycles. The van der Waals surface area contributed by atoms with Crippen LogP contribution in [0.3, 0.4) is 0 Å². The molecule has 1 aromatic carbocycles. The van der Waals surface area contributed by atoms with E-state index in [0.717, 1.165) is 67.0 Å². The molecule has 1 amide bonds. The highest BCUT2D eigenvalue weighted by molar-refractivity contribution is 5.98. The van der Waals surface area contributed by atoms with Crippen molar-refractivity contribution in [2.45, 2.75) is 70.3 Å². The lowest BCUT2D eigenvalue weighted by Gasteiger charge is -2.18.